The first-order valence-electron chi connectivity index (χ1n) is 6.20. The lowest BCUT2D eigenvalue weighted by Crippen LogP contribution is -2.28. The minimum atomic E-state index is -1.03. The van der Waals surface area contributed by atoms with Crippen molar-refractivity contribution in [2.75, 3.05) is 23.7 Å². The number of anilines is 2. The van der Waals surface area contributed by atoms with E-state index in [1.54, 1.807) is 12.1 Å². The molecule has 19 heavy (non-hydrogen) atoms. The van der Waals surface area contributed by atoms with Crippen LogP contribution in [0.5, 0.6) is 0 Å². The minimum absolute atomic E-state index is 0.105. The lowest BCUT2D eigenvalue weighted by atomic mass is 10.1. The third-order valence-electron chi connectivity index (χ3n) is 2.71. The van der Waals surface area contributed by atoms with Crippen LogP contribution in [-0.2, 0) is 0 Å². The highest BCUT2D eigenvalue weighted by Gasteiger charge is 2.12. The number of carboxylic acid groups (broad SMARTS) is 1. The predicted octanol–water partition coefficient (Wildman–Crippen LogP) is 2.34. The van der Waals surface area contributed by atoms with Gasteiger partial charge in [0, 0.05) is 24.5 Å². The van der Waals surface area contributed by atoms with Crippen LogP contribution in [0, 0.1) is 17.2 Å². The van der Waals surface area contributed by atoms with Gasteiger partial charge in [0.05, 0.1) is 18.1 Å². The van der Waals surface area contributed by atoms with E-state index in [1.165, 1.54) is 6.07 Å². The van der Waals surface area contributed by atoms with Crippen LogP contribution >= 0.6 is 0 Å². The van der Waals surface area contributed by atoms with Crippen molar-refractivity contribution in [3.8, 4) is 6.07 Å². The van der Waals surface area contributed by atoms with E-state index in [-0.39, 0.29) is 11.3 Å². The molecule has 5 nitrogen and oxygen atoms in total. The van der Waals surface area contributed by atoms with Gasteiger partial charge in [0.2, 0.25) is 0 Å². The Morgan fingerprint density at radius 2 is 2.21 bits per heavy atom. The molecule has 1 aromatic carbocycles. The highest BCUT2D eigenvalue weighted by molar-refractivity contribution is 5.94. The smallest absolute Gasteiger partial charge is 0.337 e. The van der Waals surface area contributed by atoms with E-state index in [1.807, 2.05) is 0 Å². The Kier molecular flexibility index (Phi) is 5.19. The van der Waals surface area contributed by atoms with Crippen molar-refractivity contribution in [2.24, 2.45) is 5.92 Å². The average Bonchev–Trinajstić information content (AvgIpc) is 2.33. The van der Waals surface area contributed by atoms with E-state index < -0.39 is 5.97 Å². The van der Waals surface area contributed by atoms with Gasteiger partial charge in [-0.25, -0.2) is 4.79 Å². The topological polar surface area (TPSA) is 90.3 Å². The number of rotatable bonds is 6. The van der Waals surface area contributed by atoms with E-state index >= 15 is 0 Å². The Morgan fingerprint density at radius 1 is 1.53 bits per heavy atom. The van der Waals surface area contributed by atoms with Crippen LogP contribution in [0.1, 0.15) is 30.6 Å². The van der Waals surface area contributed by atoms with Crippen LogP contribution in [0.15, 0.2) is 18.2 Å². The van der Waals surface area contributed by atoms with Gasteiger partial charge >= 0.3 is 5.97 Å². The number of carboxylic acids is 1. The molecule has 0 spiro atoms. The van der Waals surface area contributed by atoms with Crippen LogP contribution < -0.4 is 10.6 Å². The third kappa shape index (κ3) is 4.18. The summed E-state index contributed by atoms with van der Waals surface area (Å²) in [6.07, 6.45) is 0.424. The fourth-order valence-corrected chi connectivity index (χ4v) is 1.89. The fraction of sp³-hybridized carbons (Fsp3) is 0.429. The van der Waals surface area contributed by atoms with Gasteiger partial charge in [-0.2, -0.15) is 5.26 Å². The van der Waals surface area contributed by atoms with E-state index in [9.17, 15) is 4.79 Å². The van der Waals surface area contributed by atoms with Gasteiger partial charge in [-0.1, -0.05) is 13.8 Å². The Morgan fingerprint density at radius 3 is 2.68 bits per heavy atom. The lowest BCUT2D eigenvalue weighted by molar-refractivity contribution is 0.0698. The van der Waals surface area contributed by atoms with Crippen LogP contribution in [0.4, 0.5) is 11.4 Å². The first-order valence-corrected chi connectivity index (χ1v) is 6.20. The molecule has 0 aliphatic rings. The summed E-state index contributed by atoms with van der Waals surface area (Å²) in [4.78, 5) is 13.0. The van der Waals surface area contributed by atoms with Gasteiger partial charge < -0.3 is 15.7 Å². The van der Waals surface area contributed by atoms with Gasteiger partial charge in [-0.15, -0.1) is 0 Å². The molecule has 5 heteroatoms. The molecular formula is C14H19N3O2. The summed E-state index contributed by atoms with van der Waals surface area (Å²) in [5.41, 5.74) is 6.95. The maximum Gasteiger partial charge on any atom is 0.337 e. The molecule has 0 heterocycles. The summed E-state index contributed by atoms with van der Waals surface area (Å²) in [5, 5.41) is 17.6. The number of nitrogens with two attached hydrogens (primary N) is 1. The first kappa shape index (κ1) is 14.8. The maximum atomic E-state index is 10.9. The van der Waals surface area contributed by atoms with Crippen LogP contribution in [0.25, 0.3) is 0 Å². The largest absolute Gasteiger partial charge is 0.478 e. The van der Waals surface area contributed by atoms with Gasteiger partial charge in [0.15, 0.2) is 0 Å². The molecule has 1 rings (SSSR count). The second-order valence-electron chi connectivity index (χ2n) is 4.82. The van der Waals surface area contributed by atoms with Crippen molar-refractivity contribution in [1.29, 1.82) is 5.26 Å². The number of hydrogen-bond donors (Lipinski definition) is 2. The van der Waals surface area contributed by atoms with Crippen LogP contribution in [0.2, 0.25) is 0 Å². The molecule has 0 amide bonds. The minimum Gasteiger partial charge on any atom is -0.478 e. The van der Waals surface area contributed by atoms with Crippen molar-refractivity contribution < 1.29 is 9.90 Å². The van der Waals surface area contributed by atoms with E-state index in [2.05, 4.69) is 24.8 Å². The van der Waals surface area contributed by atoms with Crippen LogP contribution in [0.3, 0.4) is 0 Å². The Labute approximate surface area is 113 Å². The number of nitrogens with zero attached hydrogens (tertiary/aromatic N) is 2. The number of carbonyl (C=O) groups is 1. The average molecular weight is 261 g/mol. The van der Waals surface area contributed by atoms with Gasteiger partial charge in [0.25, 0.3) is 0 Å². The molecule has 0 bridgehead atoms. The zero-order valence-corrected chi connectivity index (χ0v) is 11.3. The summed E-state index contributed by atoms with van der Waals surface area (Å²) < 4.78 is 0. The lowest BCUT2D eigenvalue weighted by Gasteiger charge is -2.26. The summed E-state index contributed by atoms with van der Waals surface area (Å²) in [6, 6.07) is 7.02. The summed E-state index contributed by atoms with van der Waals surface area (Å²) in [5.74, 6) is -0.587. The summed E-state index contributed by atoms with van der Waals surface area (Å²) >= 11 is 0. The number of hydrogen-bond acceptors (Lipinski definition) is 4. The molecule has 0 aliphatic heterocycles. The van der Waals surface area contributed by atoms with Gasteiger partial charge in [0.1, 0.15) is 0 Å². The predicted molar refractivity (Wildman–Crippen MR) is 75.1 cm³/mol. The molecule has 0 unspecified atom stereocenters. The molecule has 0 saturated carbocycles. The second-order valence-corrected chi connectivity index (χ2v) is 4.82. The molecular weight excluding hydrogens is 242 g/mol. The van der Waals surface area contributed by atoms with Gasteiger partial charge in [-0.3, -0.25) is 0 Å². The van der Waals surface area contributed by atoms with Crippen molar-refractivity contribution in [2.45, 2.75) is 20.3 Å². The number of nitriles is 1. The van der Waals surface area contributed by atoms with Crippen molar-refractivity contribution in [3.05, 3.63) is 23.8 Å². The van der Waals surface area contributed by atoms with Crippen LogP contribution in [-0.4, -0.2) is 24.2 Å². The monoisotopic (exact) mass is 261 g/mol. The number of aromatic carboxylic acids is 1. The zero-order valence-electron chi connectivity index (χ0n) is 11.3. The SMILES string of the molecule is CC(C)CN(CCC#N)c1ccc(C(=O)O)c(N)c1. The highest BCUT2D eigenvalue weighted by Crippen LogP contribution is 2.22. The first-order chi connectivity index (χ1) is 8.95. The van der Waals surface area contributed by atoms with E-state index in [0.29, 0.717) is 18.9 Å². The molecule has 0 fully saturated rings. The quantitative estimate of drug-likeness (QED) is 0.767. The van der Waals surface area contributed by atoms with E-state index in [0.717, 1.165) is 12.2 Å². The van der Waals surface area contributed by atoms with Crippen molar-refractivity contribution in [3.63, 3.8) is 0 Å². The Balaban J connectivity index is 2.99. The molecule has 0 aliphatic carbocycles. The maximum absolute atomic E-state index is 10.9. The molecule has 0 radical (unpaired) electrons. The number of benzene rings is 1. The molecule has 0 atom stereocenters. The fourth-order valence-electron chi connectivity index (χ4n) is 1.89. The normalized spacial score (nSPS) is 10.2. The molecule has 1 aromatic rings. The number of nitrogen functional groups attached to an aromatic ring is 1. The highest BCUT2D eigenvalue weighted by atomic mass is 16.4. The second kappa shape index (κ2) is 6.64. The van der Waals surface area contributed by atoms with Gasteiger partial charge in [-0.05, 0) is 24.1 Å². The van der Waals surface area contributed by atoms with E-state index in [4.69, 9.17) is 16.1 Å². The third-order valence-corrected chi connectivity index (χ3v) is 2.71. The zero-order chi connectivity index (χ0) is 14.4. The summed E-state index contributed by atoms with van der Waals surface area (Å²) in [7, 11) is 0. The standard InChI is InChI=1S/C14H19N3O2/c1-10(2)9-17(7-3-6-15)11-4-5-12(14(18)19)13(16)8-11/h4-5,8,10H,3,7,9,16H2,1-2H3,(H,18,19). The molecule has 0 aromatic heterocycles. The van der Waals surface area contributed by atoms with Crippen molar-refractivity contribution in [1.82, 2.24) is 0 Å². The molecule has 102 valence electrons. The molecule has 3 N–H and O–H groups in total. The van der Waals surface area contributed by atoms with Crippen molar-refractivity contribution >= 4 is 17.3 Å². The Hall–Kier alpha value is -2.22. The molecule has 0 saturated heterocycles. The Bertz CT molecular complexity index is 492. The summed E-state index contributed by atoms with van der Waals surface area (Å²) in [6.45, 7) is 5.59.